The van der Waals surface area contributed by atoms with Gasteiger partial charge in [0.05, 0.1) is 11.1 Å². The molecule has 2 aromatic carbocycles. The Bertz CT molecular complexity index is 1030. The van der Waals surface area contributed by atoms with Crippen LogP contribution < -0.4 is 9.57 Å². The lowest BCUT2D eigenvalue weighted by Crippen LogP contribution is -2.18. The summed E-state index contributed by atoms with van der Waals surface area (Å²) in [6.07, 6.45) is 1.30. The summed E-state index contributed by atoms with van der Waals surface area (Å²) in [5.74, 6) is 1.73. The lowest BCUT2D eigenvalue weighted by atomic mass is 10.2. The second kappa shape index (κ2) is 8.41. The topological polar surface area (TPSA) is 80.9 Å². The fraction of sp³-hybridized carbons (Fsp3) is 0.105. The fourth-order valence-corrected chi connectivity index (χ4v) is 3.21. The summed E-state index contributed by atoms with van der Waals surface area (Å²) < 4.78 is 36.4. The van der Waals surface area contributed by atoms with E-state index < -0.39 is 10.0 Å². The van der Waals surface area contributed by atoms with Gasteiger partial charge in [-0.05, 0) is 55.5 Å². The summed E-state index contributed by atoms with van der Waals surface area (Å²) in [5.41, 5.74) is 0.978. The van der Waals surface area contributed by atoms with Crippen LogP contribution in [0.15, 0.2) is 79.6 Å². The quantitative estimate of drug-likeness (QED) is 0.432. The minimum Gasteiger partial charge on any atom is -0.486 e. The third kappa shape index (κ3) is 5.45. The fourth-order valence-electron chi connectivity index (χ4n) is 2.16. The first-order valence-electron chi connectivity index (χ1n) is 8.01. The Balaban J connectivity index is 1.56. The molecule has 0 fully saturated rings. The molecule has 0 aliphatic carbocycles. The highest BCUT2D eigenvalue weighted by molar-refractivity contribution is 9.10. The Morgan fingerprint density at radius 2 is 1.78 bits per heavy atom. The molecule has 8 heteroatoms. The number of aryl methyl sites for hydroxylation is 1. The molecule has 1 aromatic heterocycles. The van der Waals surface area contributed by atoms with Crippen LogP contribution in [0.2, 0.25) is 0 Å². The van der Waals surface area contributed by atoms with E-state index in [9.17, 15) is 8.42 Å². The molecule has 1 N–H and O–H groups in total. The highest BCUT2D eigenvalue weighted by Crippen LogP contribution is 2.18. The first-order chi connectivity index (χ1) is 12.9. The Hall–Kier alpha value is -2.58. The standard InChI is InChI=1S/C19H17BrN2O4S/c1-14-2-10-19(11-3-14)27(23,24)22-21-12-17-8-9-18(26-17)13-25-16-6-4-15(20)5-7-16/h2-12,22H,13H2,1H3/b21-12+. The zero-order chi connectivity index (χ0) is 19.3. The van der Waals surface area contributed by atoms with Crippen LogP contribution in [0, 0.1) is 6.92 Å². The maximum Gasteiger partial charge on any atom is 0.276 e. The first-order valence-corrected chi connectivity index (χ1v) is 10.3. The molecule has 0 bridgehead atoms. The number of nitrogens with zero attached hydrogens (tertiary/aromatic N) is 1. The number of benzene rings is 2. The second-order valence-electron chi connectivity index (χ2n) is 5.71. The summed E-state index contributed by atoms with van der Waals surface area (Å²) in [6.45, 7) is 2.14. The number of hydrogen-bond donors (Lipinski definition) is 1. The van der Waals surface area contributed by atoms with Crippen molar-refractivity contribution in [1.29, 1.82) is 0 Å². The van der Waals surface area contributed by atoms with E-state index in [-0.39, 0.29) is 11.5 Å². The molecule has 0 aliphatic rings. The zero-order valence-corrected chi connectivity index (χ0v) is 16.8. The van der Waals surface area contributed by atoms with Crippen LogP contribution in [0.5, 0.6) is 5.75 Å². The molecule has 0 radical (unpaired) electrons. The van der Waals surface area contributed by atoms with Gasteiger partial charge in [-0.2, -0.15) is 18.4 Å². The van der Waals surface area contributed by atoms with E-state index in [1.54, 1.807) is 24.3 Å². The second-order valence-corrected chi connectivity index (χ2v) is 8.29. The molecular weight excluding hydrogens is 432 g/mol. The van der Waals surface area contributed by atoms with Gasteiger partial charge in [0, 0.05) is 4.47 Å². The minimum atomic E-state index is -3.71. The van der Waals surface area contributed by atoms with Gasteiger partial charge in [-0.1, -0.05) is 33.6 Å². The van der Waals surface area contributed by atoms with Gasteiger partial charge in [-0.3, -0.25) is 0 Å². The largest absolute Gasteiger partial charge is 0.486 e. The predicted octanol–water partition coefficient (Wildman–Crippen LogP) is 4.24. The monoisotopic (exact) mass is 448 g/mol. The lowest BCUT2D eigenvalue weighted by Gasteiger charge is -2.04. The SMILES string of the molecule is Cc1ccc(S(=O)(=O)N/N=C/c2ccc(COc3ccc(Br)cc3)o2)cc1. The zero-order valence-electron chi connectivity index (χ0n) is 14.4. The van der Waals surface area contributed by atoms with Crippen LogP contribution in [0.1, 0.15) is 17.1 Å². The number of furan rings is 1. The number of hydrogen-bond acceptors (Lipinski definition) is 5. The van der Waals surface area contributed by atoms with Crippen LogP contribution in [0.25, 0.3) is 0 Å². The molecule has 0 amide bonds. The van der Waals surface area contributed by atoms with E-state index in [4.69, 9.17) is 9.15 Å². The third-order valence-corrected chi connectivity index (χ3v) is 5.34. The summed E-state index contributed by atoms with van der Waals surface area (Å²) in [7, 11) is -3.71. The van der Waals surface area contributed by atoms with E-state index in [0.717, 1.165) is 15.8 Å². The number of rotatable bonds is 7. The maximum atomic E-state index is 12.1. The van der Waals surface area contributed by atoms with E-state index in [1.165, 1.54) is 18.3 Å². The highest BCUT2D eigenvalue weighted by atomic mass is 79.9. The molecule has 3 rings (SSSR count). The number of nitrogens with one attached hydrogen (secondary N) is 1. The molecule has 0 aliphatic heterocycles. The van der Waals surface area contributed by atoms with Gasteiger partial charge in [0.2, 0.25) is 0 Å². The van der Waals surface area contributed by atoms with Crippen molar-refractivity contribution in [2.75, 3.05) is 0 Å². The summed E-state index contributed by atoms with van der Waals surface area (Å²) in [4.78, 5) is 2.31. The summed E-state index contributed by atoms with van der Waals surface area (Å²) in [6, 6.07) is 17.4. The summed E-state index contributed by atoms with van der Waals surface area (Å²) >= 11 is 3.36. The third-order valence-electron chi connectivity index (χ3n) is 3.57. The smallest absolute Gasteiger partial charge is 0.276 e. The first kappa shape index (κ1) is 19.2. The van der Waals surface area contributed by atoms with Gasteiger partial charge in [0.1, 0.15) is 23.9 Å². The van der Waals surface area contributed by atoms with Crippen molar-refractivity contribution in [2.24, 2.45) is 5.10 Å². The molecule has 27 heavy (non-hydrogen) atoms. The maximum absolute atomic E-state index is 12.1. The highest BCUT2D eigenvalue weighted by Gasteiger charge is 2.12. The Labute approximate surface area is 166 Å². The molecule has 0 unspecified atom stereocenters. The van der Waals surface area contributed by atoms with Crippen LogP contribution >= 0.6 is 15.9 Å². The van der Waals surface area contributed by atoms with Crippen LogP contribution in [-0.4, -0.2) is 14.6 Å². The Morgan fingerprint density at radius 1 is 1.07 bits per heavy atom. The molecular formula is C19H17BrN2O4S. The Kier molecular flexibility index (Phi) is 5.98. The summed E-state index contributed by atoms with van der Waals surface area (Å²) in [5, 5.41) is 3.75. The molecule has 3 aromatic rings. The average molecular weight is 449 g/mol. The van der Waals surface area contributed by atoms with Gasteiger partial charge < -0.3 is 9.15 Å². The van der Waals surface area contributed by atoms with Gasteiger partial charge in [0.15, 0.2) is 0 Å². The van der Waals surface area contributed by atoms with Gasteiger partial charge >= 0.3 is 0 Å². The molecule has 0 spiro atoms. The molecule has 1 heterocycles. The lowest BCUT2D eigenvalue weighted by molar-refractivity contribution is 0.270. The average Bonchev–Trinajstić information content (AvgIpc) is 3.09. The predicted molar refractivity (Wildman–Crippen MR) is 106 cm³/mol. The Morgan fingerprint density at radius 3 is 2.48 bits per heavy atom. The van der Waals surface area contributed by atoms with Crippen LogP contribution in [-0.2, 0) is 16.6 Å². The van der Waals surface area contributed by atoms with Gasteiger partial charge in [0.25, 0.3) is 10.0 Å². The van der Waals surface area contributed by atoms with Crippen molar-refractivity contribution in [3.05, 3.63) is 82.2 Å². The van der Waals surface area contributed by atoms with Crippen molar-refractivity contribution < 1.29 is 17.6 Å². The van der Waals surface area contributed by atoms with Crippen molar-refractivity contribution >= 4 is 32.2 Å². The molecule has 0 saturated carbocycles. The van der Waals surface area contributed by atoms with Crippen molar-refractivity contribution in [3.8, 4) is 5.75 Å². The number of ether oxygens (including phenoxy) is 1. The van der Waals surface area contributed by atoms with Gasteiger partial charge in [-0.15, -0.1) is 0 Å². The normalized spacial score (nSPS) is 11.6. The van der Waals surface area contributed by atoms with Crippen LogP contribution in [0.4, 0.5) is 0 Å². The molecule has 6 nitrogen and oxygen atoms in total. The van der Waals surface area contributed by atoms with Crippen molar-refractivity contribution in [3.63, 3.8) is 0 Å². The molecule has 0 atom stereocenters. The van der Waals surface area contributed by atoms with Crippen molar-refractivity contribution in [2.45, 2.75) is 18.4 Å². The number of hydrazone groups is 1. The molecule has 0 saturated heterocycles. The van der Waals surface area contributed by atoms with Crippen LogP contribution in [0.3, 0.4) is 0 Å². The van der Waals surface area contributed by atoms with E-state index in [2.05, 4.69) is 25.9 Å². The van der Waals surface area contributed by atoms with E-state index >= 15 is 0 Å². The number of halogens is 1. The molecule has 140 valence electrons. The van der Waals surface area contributed by atoms with E-state index in [1.807, 2.05) is 31.2 Å². The van der Waals surface area contributed by atoms with E-state index in [0.29, 0.717) is 11.5 Å². The van der Waals surface area contributed by atoms with Crippen molar-refractivity contribution in [1.82, 2.24) is 4.83 Å². The van der Waals surface area contributed by atoms with Gasteiger partial charge in [-0.25, -0.2) is 0 Å². The minimum absolute atomic E-state index is 0.147. The number of sulfonamides is 1.